The number of rotatable bonds is 18. The summed E-state index contributed by atoms with van der Waals surface area (Å²) >= 11 is 18.9. The van der Waals surface area contributed by atoms with Crippen LogP contribution < -0.4 is 14.2 Å². The van der Waals surface area contributed by atoms with Crippen molar-refractivity contribution in [3.8, 4) is 17.2 Å². The highest BCUT2D eigenvalue weighted by molar-refractivity contribution is 8.13. The van der Waals surface area contributed by atoms with Gasteiger partial charge in [-0.3, -0.25) is 4.79 Å². The summed E-state index contributed by atoms with van der Waals surface area (Å²) < 4.78 is 259. The van der Waals surface area contributed by atoms with Gasteiger partial charge in [-0.2, -0.15) is 0 Å². The molecule has 0 aromatic heterocycles. The van der Waals surface area contributed by atoms with E-state index in [1.165, 1.54) is 93.6 Å². The SMILES string of the molecule is CC(=O)SCC[C@@H]1OCC[C@@]2(S(=O)(=O)c3ccc(Cl)cc3)c3c(F)ccc(F)c3OC[C@@H]12.CC(C)(O)CS(=O)(=O)CC[C@@H]1OCC[C@@]2(S(=O)(=O)c3ccc(Cl)cc3)c3c(F)ccc(F)c3OC[C@@H]12.CC(C)=CS(=O)(=O)CC[C@@H]1OCC[C@@]2(S(=O)(=O)c3ccc(Cl)cc3)c3c(F)ccc(F)c3OC[C@@H]12.CC1(C)CO1. The molecule has 7 heterocycles. The van der Waals surface area contributed by atoms with Crippen LogP contribution in [0, 0.1) is 52.7 Å². The number of thioether (sulfide) groups is 1. The lowest BCUT2D eigenvalue weighted by molar-refractivity contribution is -0.109. The van der Waals surface area contributed by atoms with E-state index in [0.29, 0.717) is 32.8 Å². The van der Waals surface area contributed by atoms with Crippen molar-refractivity contribution in [1.29, 1.82) is 0 Å². The number of epoxide rings is 1. The van der Waals surface area contributed by atoms with Crippen molar-refractivity contribution in [3.05, 3.63) is 187 Å². The molecule has 6 aromatic rings. The number of benzene rings is 6. The fourth-order valence-electron chi connectivity index (χ4n) is 15.1. The van der Waals surface area contributed by atoms with Crippen molar-refractivity contribution >= 4 is 101 Å². The molecule has 6 aromatic carbocycles. The van der Waals surface area contributed by atoms with Crippen molar-refractivity contribution in [2.45, 2.75) is 145 Å². The lowest BCUT2D eigenvalue weighted by Crippen LogP contribution is -2.57. The van der Waals surface area contributed by atoms with E-state index in [-0.39, 0.29) is 120 Å². The first-order chi connectivity index (χ1) is 50.5. The summed E-state index contributed by atoms with van der Waals surface area (Å²) in [7, 11) is -20.3. The number of allylic oxidation sites excluding steroid dienone is 1. The van der Waals surface area contributed by atoms with Gasteiger partial charge in [-0.05, 0) is 189 Å². The molecule has 0 unspecified atom stereocenters. The minimum Gasteiger partial charge on any atom is -0.490 e. The summed E-state index contributed by atoms with van der Waals surface area (Å²) in [5.74, 6) is -10.2. The minimum atomic E-state index is -4.38. The second-order valence-electron chi connectivity index (χ2n) is 28.7. The van der Waals surface area contributed by atoms with Crippen LogP contribution >= 0.6 is 46.6 Å². The van der Waals surface area contributed by atoms with Crippen molar-refractivity contribution in [2.75, 3.05) is 69.3 Å². The first-order valence-corrected chi connectivity index (χ1v) is 44.3. The monoisotopic (exact) mass is 1680 g/mol. The Bertz CT molecular complexity index is 4970. The Balaban J connectivity index is 0.000000167. The average molecular weight is 1690 g/mol. The molecule has 4 fully saturated rings. The number of halogens is 9. The van der Waals surface area contributed by atoms with Crippen LogP contribution in [0.2, 0.25) is 15.1 Å². The van der Waals surface area contributed by atoms with Gasteiger partial charge < -0.3 is 38.3 Å². The molecule has 0 aliphatic carbocycles. The molecule has 9 atom stereocenters. The first-order valence-electron chi connectivity index (χ1n) is 34.2. The number of hydrogen-bond donors (Lipinski definition) is 1. The average Bonchev–Trinajstić information content (AvgIpc) is 0.743. The molecular formula is C74H81Cl3F6O19S6. The molecule has 4 saturated heterocycles. The van der Waals surface area contributed by atoms with E-state index in [2.05, 4.69) is 13.8 Å². The van der Waals surface area contributed by atoms with Crippen LogP contribution in [0.5, 0.6) is 17.2 Å². The summed E-state index contributed by atoms with van der Waals surface area (Å²) in [5, 5.41) is 12.0. The van der Waals surface area contributed by atoms with Gasteiger partial charge in [0.2, 0.25) is 0 Å². The molecule has 590 valence electrons. The highest BCUT2D eigenvalue weighted by Gasteiger charge is 2.65. The van der Waals surface area contributed by atoms with Crippen LogP contribution in [0.3, 0.4) is 0 Å². The van der Waals surface area contributed by atoms with E-state index in [4.69, 9.17) is 68.0 Å². The van der Waals surface area contributed by atoms with Gasteiger partial charge in [0.05, 0.1) is 105 Å². The van der Waals surface area contributed by atoms with Gasteiger partial charge >= 0.3 is 0 Å². The fourth-order valence-corrected chi connectivity index (χ4v) is 26.3. The highest BCUT2D eigenvalue weighted by atomic mass is 35.5. The first kappa shape index (κ1) is 84.9. The number of carbonyl (C=O) groups is 1. The number of hydrogen-bond acceptors (Lipinski definition) is 20. The van der Waals surface area contributed by atoms with Crippen LogP contribution in [-0.4, -0.2) is 151 Å². The summed E-state index contributed by atoms with van der Waals surface area (Å²) in [6.45, 7) is 11.6. The van der Waals surface area contributed by atoms with Crippen LogP contribution in [0.1, 0.15) is 104 Å². The quantitative estimate of drug-likeness (QED) is 0.0618. The molecule has 13 rings (SSSR count). The fraction of sp³-hybridized carbons (Fsp3) is 0.473. The van der Waals surface area contributed by atoms with Gasteiger partial charge in [-0.25, -0.2) is 68.4 Å². The minimum absolute atomic E-state index is 0.0358. The molecule has 0 amide bonds. The van der Waals surface area contributed by atoms with Crippen molar-refractivity contribution in [2.24, 2.45) is 17.8 Å². The topological polar surface area (TPSA) is 276 Å². The van der Waals surface area contributed by atoms with E-state index >= 15 is 13.2 Å². The van der Waals surface area contributed by atoms with Crippen molar-refractivity contribution in [3.63, 3.8) is 0 Å². The second kappa shape index (κ2) is 32.9. The van der Waals surface area contributed by atoms with E-state index in [1.54, 1.807) is 13.8 Å². The molecule has 0 saturated carbocycles. The smallest absolute Gasteiger partial charge is 0.189 e. The molecule has 19 nitrogen and oxygen atoms in total. The Hall–Kier alpha value is -5.52. The molecule has 108 heavy (non-hydrogen) atoms. The van der Waals surface area contributed by atoms with Gasteiger partial charge in [0.25, 0.3) is 0 Å². The van der Waals surface area contributed by atoms with Crippen molar-refractivity contribution in [1.82, 2.24) is 0 Å². The van der Waals surface area contributed by atoms with Crippen LogP contribution in [0.4, 0.5) is 26.3 Å². The highest BCUT2D eigenvalue weighted by Crippen LogP contribution is 2.60. The van der Waals surface area contributed by atoms with Crippen molar-refractivity contribution < 1.29 is 111 Å². The van der Waals surface area contributed by atoms with Gasteiger partial charge in [0, 0.05) is 70.7 Å². The van der Waals surface area contributed by atoms with Gasteiger partial charge in [0.1, 0.15) is 31.7 Å². The second-order valence-corrected chi connectivity index (χ2v) is 42.0. The van der Waals surface area contributed by atoms with E-state index in [0.717, 1.165) is 60.2 Å². The zero-order valence-electron chi connectivity index (χ0n) is 59.6. The Labute approximate surface area is 644 Å². The zero-order valence-corrected chi connectivity index (χ0v) is 66.8. The molecule has 0 spiro atoms. The molecule has 7 aliphatic heterocycles. The molecule has 0 bridgehead atoms. The maximum absolute atomic E-state index is 15.4. The Morgan fingerprint density at radius 2 is 0.796 bits per heavy atom. The lowest BCUT2D eigenvalue weighted by Gasteiger charge is -2.50. The number of fused-ring (bicyclic) bond motifs is 9. The van der Waals surface area contributed by atoms with E-state index in [1.807, 2.05) is 0 Å². The normalized spacial score (nSPS) is 24.8. The maximum atomic E-state index is 15.4. The van der Waals surface area contributed by atoms with Gasteiger partial charge in [0.15, 0.2) is 89.0 Å². The summed E-state index contributed by atoms with van der Waals surface area (Å²) in [6, 6.07) is 21.8. The summed E-state index contributed by atoms with van der Waals surface area (Å²) in [4.78, 5) is 11.1. The third kappa shape index (κ3) is 17.5. The molecular weight excluding hydrogens is 1610 g/mol. The van der Waals surface area contributed by atoms with Crippen LogP contribution in [0.15, 0.2) is 135 Å². The number of aliphatic hydroxyl groups is 1. The summed E-state index contributed by atoms with van der Waals surface area (Å²) in [6.07, 6.45) is -2.65. The molecule has 7 aliphatic rings. The summed E-state index contributed by atoms with van der Waals surface area (Å²) in [5.41, 5.74) is -1.70. The standard InChI is InChI=1S/C24H27ClF2O7S2.C24H25ClF2O6S2.C22H21ClF2O5S2.C4H8O/c1-23(2,28)14-35(29,30)12-9-20-17-13-34-22-19(27)8-7-18(26)21(22)24(17,10-11-33-20)36(31,32)16-5-3-15(25)4-6-16;1-15(2)14-34(28,29)12-9-21-18-13-33-23-20(27)8-7-19(26)22(23)24(18,10-11-32-21)35(30,31)17-5-3-16(25)4-6-17;1-13(26)31-11-8-19-16-12-30-21-18(25)7-6-17(24)20(21)22(16,9-10-29-19)32(27,28)15-4-2-14(23)3-5-15;1-4(2)3-5-4/h3-8,17,20,28H,9-14H2,1-2H3;3-8,14,18,21H,9-13H2,1-2H3;2-7,16,19H,8-12H2,1H3;3H2,1-2H3/t17-,20-,24-;18-,21-,24-;16-,19-,22-;/m000./s1. The molecule has 34 heteroatoms. The number of ether oxygens (including phenoxy) is 7. The zero-order chi connectivity index (χ0) is 79.1. The van der Waals surface area contributed by atoms with Crippen LogP contribution in [0.25, 0.3) is 0 Å². The van der Waals surface area contributed by atoms with E-state index in [9.17, 15) is 65.2 Å². The Morgan fingerprint density at radius 1 is 0.500 bits per heavy atom. The predicted octanol–water partition coefficient (Wildman–Crippen LogP) is 14.0. The molecule has 0 radical (unpaired) electrons. The van der Waals surface area contributed by atoms with Crippen LogP contribution in [-0.2, 0) is 87.2 Å². The molecule has 1 N–H and O–H groups in total. The Morgan fingerprint density at radius 3 is 1.08 bits per heavy atom. The maximum Gasteiger partial charge on any atom is 0.189 e. The number of sulfone groups is 5. The van der Waals surface area contributed by atoms with E-state index < -0.39 is 169 Å². The number of carbonyl (C=O) groups excluding carboxylic acids is 1. The third-order valence-electron chi connectivity index (χ3n) is 19.9. The van der Waals surface area contributed by atoms with Gasteiger partial charge in [-0.15, -0.1) is 0 Å². The predicted molar refractivity (Wildman–Crippen MR) is 395 cm³/mol. The Kier molecular flexibility index (Phi) is 25.9. The lowest BCUT2D eigenvalue weighted by atomic mass is 9.75. The van der Waals surface area contributed by atoms with Gasteiger partial charge in [-0.1, -0.05) is 52.1 Å². The third-order valence-corrected chi connectivity index (χ3v) is 32.8. The largest absolute Gasteiger partial charge is 0.490 e.